The highest BCUT2D eigenvalue weighted by Crippen LogP contribution is 2.23. The van der Waals surface area contributed by atoms with Crippen LogP contribution in [-0.2, 0) is 19.4 Å². The largest absolute Gasteiger partial charge is 0.324 e. The summed E-state index contributed by atoms with van der Waals surface area (Å²) in [4.78, 5) is 0. The second-order valence-corrected chi connectivity index (χ2v) is 5.53. The molecule has 21 heavy (non-hydrogen) atoms. The fourth-order valence-corrected chi connectivity index (χ4v) is 2.83. The van der Waals surface area contributed by atoms with E-state index in [2.05, 4.69) is 13.8 Å². The molecule has 0 saturated heterocycles. The van der Waals surface area contributed by atoms with Crippen molar-refractivity contribution in [2.45, 2.75) is 53.1 Å². The van der Waals surface area contributed by atoms with Gasteiger partial charge in [0.15, 0.2) is 0 Å². The quantitative estimate of drug-likeness (QED) is 0.915. The van der Waals surface area contributed by atoms with Crippen LogP contribution < -0.4 is 5.73 Å². The minimum absolute atomic E-state index is 0.0303. The van der Waals surface area contributed by atoms with Crippen molar-refractivity contribution in [3.63, 3.8) is 0 Å². The predicted octanol–water partition coefficient (Wildman–Crippen LogP) is 3.52. The van der Waals surface area contributed by atoms with Gasteiger partial charge in [-0.15, -0.1) is 0 Å². The summed E-state index contributed by atoms with van der Waals surface area (Å²) in [5.41, 5.74) is 11.5. The van der Waals surface area contributed by atoms with Crippen LogP contribution in [0.25, 0.3) is 0 Å². The summed E-state index contributed by atoms with van der Waals surface area (Å²) < 4.78 is 15.4. The molecule has 2 aromatic rings. The number of aromatic nitrogens is 2. The van der Waals surface area contributed by atoms with E-state index in [1.165, 1.54) is 6.07 Å². The Bertz CT molecular complexity index is 629. The van der Waals surface area contributed by atoms with Crippen molar-refractivity contribution in [2.24, 2.45) is 5.73 Å². The first kappa shape index (κ1) is 15.7. The minimum Gasteiger partial charge on any atom is -0.324 e. The van der Waals surface area contributed by atoms with Crippen molar-refractivity contribution in [3.05, 3.63) is 52.1 Å². The second-order valence-electron chi connectivity index (χ2n) is 5.53. The van der Waals surface area contributed by atoms with Crippen molar-refractivity contribution in [1.82, 2.24) is 9.78 Å². The fraction of sp³-hybridized carbons (Fsp3) is 0.471. The monoisotopic (exact) mass is 289 g/mol. The van der Waals surface area contributed by atoms with Crippen LogP contribution >= 0.6 is 0 Å². The lowest BCUT2D eigenvalue weighted by Crippen LogP contribution is -2.11. The number of hydrogen-bond acceptors (Lipinski definition) is 2. The molecular weight excluding hydrogens is 265 g/mol. The molecule has 0 aliphatic carbocycles. The van der Waals surface area contributed by atoms with E-state index in [1.807, 2.05) is 24.6 Å². The highest BCUT2D eigenvalue weighted by molar-refractivity contribution is 5.32. The van der Waals surface area contributed by atoms with Gasteiger partial charge in [-0.3, -0.25) is 4.68 Å². The first-order chi connectivity index (χ1) is 9.97. The number of nitrogens with two attached hydrogens (primary N) is 1. The van der Waals surface area contributed by atoms with E-state index >= 15 is 0 Å². The number of nitrogens with zero attached hydrogens (tertiary/aromatic N) is 2. The Morgan fingerprint density at radius 2 is 2.00 bits per heavy atom. The molecule has 0 bridgehead atoms. The molecule has 1 aromatic carbocycles. The van der Waals surface area contributed by atoms with Gasteiger partial charge in [-0.1, -0.05) is 19.9 Å². The molecule has 0 fully saturated rings. The Morgan fingerprint density at radius 1 is 1.29 bits per heavy atom. The maximum Gasteiger partial charge on any atom is 0.123 e. The number of benzene rings is 1. The number of rotatable bonds is 5. The van der Waals surface area contributed by atoms with Crippen molar-refractivity contribution in [3.8, 4) is 0 Å². The first-order valence-electron chi connectivity index (χ1n) is 7.56. The number of hydrogen-bond donors (Lipinski definition) is 1. The first-order valence-corrected chi connectivity index (χ1v) is 7.56. The van der Waals surface area contributed by atoms with Crippen LogP contribution in [-0.4, -0.2) is 9.78 Å². The summed E-state index contributed by atoms with van der Waals surface area (Å²) in [6.45, 7) is 8.78. The Kier molecular flexibility index (Phi) is 4.78. The summed E-state index contributed by atoms with van der Waals surface area (Å²) >= 11 is 0. The normalized spacial score (nSPS) is 12.7. The third-order valence-corrected chi connectivity index (χ3v) is 3.93. The molecule has 0 saturated carbocycles. The average Bonchev–Trinajstić information content (AvgIpc) is 2.80. The zero-order valence-electron chi connectivity index (χ0n) is 13.3. The van der Waals surface area contributed by atoms with Crippen molar-refractivity contribution in [2.75, 3.05) is 0 Å². The summed E-state index contributed by atoms with van der Waals surface area (Å²) in [5.74, 6) is -0.205. The molecule has 0 aliphatic rings. The second kappa shape index (κ2) is 6.39. The van der Waals surface area contributed by atoms with E-state index in [-0.39, 0.29) is 11.9 Å². The van der Waals surface area contributed by atoms with E-state index in [0.717, 1.165) is 40.9 Å². The molecule has 0 aliphatic heterocycles. The molecule has 114 valence electrons. The zero-order chi connectivity index (χ0) is 15.6. The van der Waals surface area contributed by atoms with Crippen molar-refractivity contribution in [1.29, 1.82) is 0 Å². The van der Waals surface area contributed by atoms with Gasteiger partial charge in [0.1, 0.15) is 5.82 Å². The fourth-order valence-electron chi connectivity index (χ4n) is 2.83. The predicted molar refractivity (Wildman–Crippen MR) is 83.8 cm³/mol. The molecule has 0 radical (unpaired) electrons. The lowest BCUT2D eigenvalue weighted by Gasteiger charge is -2.12. The molecule has 1 atom stereocenters. The van der Waals surface area contributed by atoms with Crippen LogP contribution in [0.5, 0.6) is 0 Å². The van der Waals surface area contributed by atoms with Gasteiger partial charge in [0, 0.05) is 17.3 Å². The van der Waals surface area contributed by atoms with E-state index in [9.17, 15) is 4.39 Å². The van der Waals surface area contributed by atoms with Gasteiger partial charge in [0.25, 0.3) is 0 Å². The van der Waals surface area contributed by atoms with Gasteiger partial charge in [-0.25, -0.2) is 4.39 Å². The van der Waals surface area contributed by atoms with Gasteiger partial charge in [0.2, 0.25) is 0 Å². The van der Waals surface area contributed by atoms with Crippen LogP contribution in [0.1, 0.15) is 54.9 Å². The van der Waals surface area contributed by atoms with Gasteiger partial charge < -0.3 is 5.73 Å². The van der Waals surface area contributed by atoms with Gasteiger partial charge in [-0.05, 0) is 49.9 Å². The maximum atomic E-state index is 13.5. The SMILES string of the molecule is CCc1nn(Cc2cc(F)ccc2C)c(CC)c1C(C)N. The summed E-state index contributed by atoms with van der Waals surface area (Å²) in [6, 6.07) is 4.87. The van der Waals surface area contributed by atoms with Gasteiger partial charge in [0.05, 0.1) is 12.2 Å². The van der Waals surface area contributed by atoms with Crippen LogP contribution in [0.3, 0.4) is 0 Å². The van der Waals surface area contributed by atoms with E-state index in [1.54, 1.807) is 6.07 Å². The highest BCUT2D eigenvalue weighted by Gasteiger charge is 2.18. The molecule has 1 unspecified atom stereocenters. The Labute approximate surface area is 126 Å². The van der Waals surface area contributed by atoms with Gasteiger partial charge in [-0.2, -0.15) is 5.10 Å². The molecule has 0 spiro atoms. The lowest BCUT2D eigenvalue weighted by atomic mass is 10.0. The van der Waals surface area contributed by atoms with Crippen LogP contribution in [0.4, 0.5) is 4.39 Å². The third-order valence-electron chi connectivity index (χ3n) is 3.93. The summed E-state index contributed by atoms with van der Waals surface area (Å²) in [6.07, 6.45) is 1.73. The Balaban J connectivity index is 2.46. The summed E-state index contributed by atoms with van der Waals surface area (Å²) in [7, 11) is 0. The number of halogens is 1. The molecule has 3 nitrogen and oxygen atoms in total. The minimum atomic E-state index is -0.205. The molecule has 1 aromatic heterocycles. The van der Waals surface area contributed by atoms with Crippen LogP contribution in [0.2, 0.25) is 0 Å². The highest BCUT2D eigenvalue weighted by atomic mass is 19.1. The lowest BCUT2D eigenvalue weighted by molar-refractivity contribution is 0.608. The molecule has 2 N–H and O–H groups in total. The topological polar surface area (TPSA) is 43.8 Å². The standard InChI is InChI=1S/C17H24FN3/c1-5-15-17(12(4)19)16(6-2)21(20-15)10-13-9-14(18)8-7-11(13)3/h7-9,12H,5-6,10,19H2,1-4H3. The van der Waals surface area contributed by atoms with Crippen LogP contribution in [0.15, 0.2) is 18.2 Å². The molecular formula is C17H24FN3. The zero-order valence-corrected chi connectivity index (χ0v) is 13.3. The number of aryl methyl sites for hydroxylation is 2. The van der Waals surface area contributed by atoms with E-state index < -0.39 is 0 Å². The Hall–Kier alpha value is -1.68. The maximum absolute atomic E-state index is 13.5. The Morgan fingerprint density at radius 3 is 2.57 bits per heavy atom. The molecule has 4 heteroatoms. The average molecular weight is 289 g/mol. The van der Waals surface area contributed by atoms with E-state index in [0.29, 0.717) is 6.54 Å². The smallest absolute Gasteiger partial charge is 0.123 e. The molecule has 1 heterocycles. The van der Waals surface area contributed by atoms with Crippen LogP contribution in [0, 0.1) is 12.7 Å². The summed E-state index contributed by atoms with van der Waals surface area (Å²) in [5, 5.41) is 4.70. The van der Waals surface area contributed by atoms with Crippen molar-refractivity contribution >= 4 is 0 Å². The van der Waals surface area contributed by atoms with Crippen molar-refractivity contribution < 1.29 is 4.39 Å². The van der Waals surface area contributed by atoms with Gasteiger partial charge >= 0.3 is 0 Å². The third kappa shape index (κ3) is 3.16. The van der Waals surface area contributed by atoms with E-state index in [4.69, 9.17) is 10.8 Å². The molecule has 2 rings (SSSR count). The molecule has 0 amide bonds.